The Balaban J connectivity index is 1.58. The van der Waals surface area contributed by atoms with E-state index in [0.717, 1.165) is 19.3 Å². The molecule has 23 heavy (non-hydrogen) atoms. The Hall–Kier alpha value is -2.43. The summed E-state index contributed by atoms with van der Waals surface area (Å²) < 4.78 is 1.36. The van der Waals surface area contributed by atoms with Crippen molar-refractivity contribution in [2.75, 3.05) is 6.54 Å². The van der Waals surface area contributed by atoms with E-state index in [2.05, 4.69) is 16.4 Å². The highest BCUT2D eigenvalue weighted by atomic mass is 16.2. The molecule has 1 aliphatic rings. The maximum absolute atomic E-state index is 12.3. The topological polar surface area (TPSA) is 64.0 Å². The van der Waals surface area contributed by atoms with Crippen LogP contribution < -0.4 is 10.9 Å². The maximum Gasteiger partial charge on any atom is 0.261 e. The lowest BCUT2D eigenvalue weighted by atomic mass is 9.97. The molecular weight excluding hydrogens is 290 g/mol. The lowest BCUT2D eigenvalue weighted by Crippen LogP contribution is -2.33. The van der Waals surface area contributed by atoms with Gasteiger partial charge in [0.2, 0.25) is 5.91 Å². The number of carbonyl (C=O) groups excluding carboxylic acids is 1. The van der Waals surface area contributed by atoms with Gasteiger partial charge in [-0.25, -0.2) is 4.98 Å². The average molecular weight is 311 g/mol. The summed E-state index contributed by atoms with van der Waals surface area (Å²) in [6, 6.07) is 7.16. The first-order valence-corrected chi connectivity index (χ1v) is 8.13. The van der Waals surface area contributed by atoms with Crippen LogP contribution in [-0.4, -0.2) is 22.0 Å². The van der Waals surface area contributed by atoms with E-state index in [4.69, 9.17) is 0 Å². The molecule has 120 valence electrons. The van der Waals surface area contributed by atoms with Crippen LogP contribution >= 0.6 is 0 Å². The van der Waals surface area contributed by atoms with Crippen molar-refractivity contribution in [3.8, 4) is 0 Å². The van der Waals surface area contributed by atoms with E-state index in [1.807, 2.05) is 6.07 Å². The summed E-state index contributed by atoms with van der Waals surface area (Å²) in [5.74, 6) is -0.152. The lowest BCUT2D eigenvalue weighted by molar-refractivity contribution is -0.121. The van der Waals surface area contributed by atoms with Gasteiger partial charge in [0.15, 0.2) is 0 Å². The summed E-state index contributed by atoms with van der Waals surface area (Å²) in [5, 5.41) is 3.42. The minimum atomic E-state index is -0.180. The molecule has 1 heterocycles. The van der Waals surface area contributed by atoms with Crippen LogP contribution in [0.3, 0.4) is 0 Å². The van der Waals surface area contributed by atoms with Crippen LogP contribution in [0.25, 0.3) is 10.9 Å². The molecule has 3 rings (SSSR count). The molecule has 5 nitrogen and oxygen atoms in total. The number of aromatic nitrogens is 2. The molecule has 0 spiro atoms. The Morgan fingerprint density at radius 1 is 1.26 bits per heavy atom. The Morgan fingerprint density at radius 3 is 2.96 bits per heavy atom. The van der Waals surface area contributed by atoms with Crippen molar-refractivity contribution in [1.82, 2.24) is 14.9 Å². The van der Waals surface area contributed by atoms with E-state index in [0.29, 0.717) is 17.4 Å². The number of hydrogen-bond acceptors (Lipinski definition) is 3. The van der Waals surface area contributed by atoms with Gasteiger partial charge in [0.1, 0.15) is 6.54 Å². The van der Waals surface area contributed by atoms with Crippen LogP contribution in [0.15, 0.2) is 47.0 Å². The van der Waals surface area contributed by atoms with Gasteiger partial charge in [0, 0.05) is 6.54 Å². The van der Waals surface area contributed by atoms with Crippen LogP contribution in [0.5, 0.6) is 0 Å². The molecule has 0 saturated heterocycles. The van der Waals surface area contributed by atoms with Gasteiger partial charge < -0.3 is 5.32 Å². The molecule has 0 aliphatic heterocycles. The van der Waals surface area contributed by atoms with E-state index < -0.39 is 0 Å². The summed E-state index contributed by atoms with van der Waals surface area (Å²) in [4.78, 5) is 28.6. The number of nitrogens with zero attached hydrogens (tertiary/aromatic N) is 2. The number of rotatable bonds is 5. The van der Waals surface area contributed by atoms with E-state index >= 15 is 0 Å². The SMILES string of the molecule is O=C(Cn1cnc2ccccc2c1=O)NCCC1=CCCCC1. The minimum absolute atomic E-state index is 0.00964. The first-order valence-electron chi connectivity index (χ1n) is 8.13. The molecule has 0 saturated carbocycles. The summed E-state index contributed by atoms with van der Waals surface area (Å²) >= 11 is 0. The highest BCUT2D eigenvalue weighted by Crippen LogP contribution is 2.19. The molecule has 1 N–H and O–H groups in total. The fourth-order valence-corrected chi connectivity index (χ4v) is 2.92. The Labute approximate surface area is 135 Å². The van der Waals surface area contributed by atoms with Gasteiger partial charge in [-0.05, 0) is 44.2 Å². The van der Waals surface area contributed by atoms with Crippen molar-refractivity contribution >= 4 is 16.8 Å². The molecule has 1 amide bonds. The molecule has 0 bridgehead atoms. The zero-order chi connectivity index (χ0) is 16.1. The van der Waals surface area contributed by atoms with Crippen molar-refractivity contribution in [2.24, 2.45) is 0 Å². The molecule has 0 fully saturated rings. The summed E-state index contributed by atoms with van der Waals surface area (Å²) in [6.07, 6.45) is 9.44. The van der Waals surface area contributed by atoms with Gasteiger partial charge in [0.05, 0.1) is 17.2 Å². The number of benzene rings is 1. The third kappa shape index (κ3) is 3.86. The molecule has 0 radical (unpaired) electrons. The van der Waals surface area contributed by atoms with E-state index in [1.165, 1.54) is 29.3 Å². The van der Waals surface area contributed by atoms with Crippen LogP contribution in [0.1, 0.15) is 32.1 Å². The van der Waals surface area contributed by atoms with Crippen molar-refractivity contribution in [1.29, 1.82) is 0 Å². The van der Waals surface area contributed by atoms with E-state index in [-0.39, 0.29) is 18.0 Å². The number of nitrogens with one attached hydrogen (secondary N) is 1. The Morgan fingerprint density at radius 2 is 2.13 bits per heavy atom. The zero-order valence-electron chi connectivity index (χ0n) is 13.1. The Bertz CT molecular complexity index is 792. The lowest BCUT2D eigenvalue weighted by Gasteiger charge is -2.13. The van der Waals surface area contributed by atoms with Crippen molar-refractivity contribution in [2.45, 2.75) is 38.6 Å². The van der Waals surface area contributed by atoms with E-state index in [9.17, 15) is 9.59 Å². The van der Waals surface area contributed by atoms with Gasteiger partial charge in [0.25, 0.3) is 5.56 Å². The Kier molecular flexibility index (Phi) is 4.86. The number of carbonyl (C=O) groups is 1. The minimum Gasteiger partial charge on any atom is -0.354 e. The predicted molar refractivity (Wildman–Crippen MR) is 90.2 cm³/mol. The molecule has 2 aromatic rings. The number of amides is 1. The summed E-state index contributed by atoms with van der Waals surface area (Å²) in [6.45, 7) is 0.635. The van der Waals surface area contributed by atoms with Gasteiger partial charge >= 0.3 is 0 Å². The average Bonchev–Trinajstić information content (AvgIpc) is 2.59. The highest BCUT2D eigenvalue weighted by molar-refractivity contribution is 5.78. The second-order valence-corrected chi connectivity index (χ2v) is 5.90. The normalized spacial score (nSPS) is 14.5. The number of allylic oxidation sites excluding steroid dienone is 1. The van der Waals surface area contributed by atoms with Crippen molar-refractivity contribution < 1.29 is 4.79 Å². The van der Waals surface area contributed by atoms with Crippen LogP contribution in [0, 0.1) is 0 Å². The largest absolute Gasteiger partial charge is 0.354 e. The van der Waals surface area contributed by atoms with Gasteiger partial charge in [-0.2, -0.15) is 0 Å². The quantitative estimate of drug-likeness (QED) is 0.862. The molecule has 0 unspecified atom stereocenters. The smallest absolute Gasteiger partial charge is 0.261 e. The van der Waals surface area contributed by atoms with Crippen LogP contribution in [0.4, 0.5) is 0 Å². The molecule has 0 atom stereocenters. The fraction of sp³-hybridized carbons (Fsp3) is 0.389. The summed E-state index contributed by atoms with van der Waals surface area (Å²) in [7, 11) is 0. The number of hydrogen-bond donors (Lipinski definition) is 1. The molecule has 5 heteroatoms. The predicted octanol–water partition coefficient (Wildman–Crippen LogP) is 2.40. The monoisotopic (exact) mass is 311 g/mol. The zero-order valence-corrected chi connectivity index (χ0v) is 13.1. The number of para-hydroxylation sites is 1. The van der Waals surface area contributed by atoms with Gasteiger partial charge in [-0.15, -0.1) is 0 Å². The van der Waals surface area contributed by atoms with Crippen molar-refractivity contribution in [3.05, 3.63) is 52.6 Å². The second kappa shape index (κ2) is 7.22. The molecule has 1 aromatic carbocycles. The van der Waals surface area contributed by atoms with Gasteiger partial charge in [-0.3, -0.25) is 14.2 Å². The van der Waals surface area contributed by atoms with Gasteiger partial charge in [-0.1, -0.05) is 23.8 Å². The second-order valence-electron chi connectivity index (χ2n) is 5.90. The standard InChI is InChI=1S/C18H21N3O2/c22-17(19-11-10-14-6-2-1-3-7-14)12-21-13-20-16-9-5-4-8-15(16)18(21)23/h4-6,8-9,13H,1-3,7,10-12H2,(H,19,22). The first kappa shape index (κ1) is 15.5. The fourth-order valence-electron chi connectivity index (χ4n) is 2.92. The molecule has 1 aliphatic carbocycles. The number of fused-ring (bicyclic) bond motifs is 1. The summed E-state index contributed by atoms with van der Waals surface area (Å²) in [5.41, 5.74) is 1.90. The molecular formula is C18H21N3O2. The van der Waals surface area contributed by atoms with E-state index in [1.54, 1.807) is 18.2 Å². The van der Waals surface area contributed by atoms with Crippen LogP contribution in [-0.2, 0) is 11.3 Å². The first-order chi connectivity index (χ1) is 11.2. The molecule has 1 aromatic heterocycles. The highest BCUT2D eigenvalue weighted by Gasteiger charge is 2.08. The third-order valence-electron chi connectivity index (χ3n) is 4.20. The third-order valence-corrected chi connectivity index (χ3v) is 4.20. The maximum atomic E-state index is 12.3. The van der Waals surface area contributed by atoms with Crippen LogP contribution in [0.2, 0.25) is 0 Å². The van der Waals surface area contributed by atoms with Crippen molar-refractivity contribution in [3.63, 3.8) is 0 Å².